The molecular weight excluding hydrogens is 609 g/mol. The second kappa shape index (κ2) is 12.7. The Kier molecular flexibility index (Phi) is 8.42. The van der Waals surface area contributed by atoms with Crippen LogP contribution in [0.3, 0.4) is 0 Å². The van der Waals surface area contributed by atoms with Crippen LogP contribution in [0.1, 0.15) is 75.4 Å². The van der Waals surface area contributed by atoms with Crippen molar-refractivity contribution >= 4 is 40.0 Å². The number of rotatable bonds is 6. The zero-order chi connectivity index (χ0) is 34.2. The van der Waals surface area contributed by atoms with Gasteiger partial charge in [0.05, 0.1) is 11.4 Å². The summed E-state index contributed by atoms with van der Waals surface area (Å²) in [5, 5.41) is 5.24. The summed E-state index contributed by atoms with van der Waals surface area (Å²) < 4.78 is 0. The van der Waals surface area contributed by atoms with E-state index in [1.165, 1.54) is 43.0 Å². The van der Waals surface area contributed by atoms with Crippen molar-refractivity contribution in [3.8, 4) is 0 Å². The highest BCUT2D eigenvalue weighted by atomic mass is 28.3. The molecule has 0 spiro atoms. The third kappa shape index (κ3) is 5.83. The molecule has 0 saturated carbocycles. The van der Waals surface area contributed by atoms with Crippen molar-refractivity contribution < 1.29 is 0 Å². The molecule has 0 N–H and O–H groups in total. The molecule has 0 bridgehead atoms. The van der Waals surface area contributed by atoms with Gasteiger partial charge in [0.1, 0.15) is 0 Å². The number of hydrogen-bond acceptors (Lipinski definition) is 2. The normalized spacial score (nSPS) is 14.7. The van der Waals surface area contributed by atoms with Crippen LogP contribution in [0, 0.1) is 0 Å². The molecule has 6 aromatic rings. The third-order valence-electron chi connectivity index (χ3n) is 9.59. The summed E-state index contributed by atoms with van der Waals surface area (Å²) in [4.78, 5) is 11.2. The number of pyridine rings is 2. The van der Waals surface area contributed by atoms with Gasteiger partial charge in [0.2, 0.25) is 0 Å². The molecule has 1 aliphatic rings. The third-order valence-corrected chi connectivity index (χ3v) is 14.5. The van der Waals surface area contributed by atoms with Crippen LogP contribution < -0.4 is 10.4 Å². The molecule has 0 radical (unpaired) electrons. The van der Waals surface area contributed by atoms with Gasteiger partial charge in [0.15, 0.2) is 8.07 Å². The van der Waals surface area contributed by atoms with E-state index in [1.54, 1.807) is 0 Å². The van der Waals surface area contributed by atoms with E-state index in [9.17, 15) is 0 Å². The molecule has 0 saturated heterocycles. The first-order valence-corrected chi connectivity index (χ1v) is 19.3. The van der Waals surface area contributed by atoms with Crippen molar-refractivity contribution in [2.75, 3.05) is 0 Å². The number of aromatic nitrogens is 2. The Morgan fingerprint density at radius 2 is 0.694 bits per heavy atom. The highest BCUT2D eigenvalue weighted by Gasteiger charge is 2.54. The fraction of sp³-hybridized carbons (Fsp3) is 0.174. The fourth-order valence-corrected chi connectivity index (χ4v) is 12.7. The minimum atomic E-state index is -3.15. The SMILES string of the molecule is CC(C)(C)c1cccc(C2=C(c3ccccc3)C(c3ccccc3)=C(c3cccc(C(C)(C)C)n3)[Si]2(c2ccccc2)c2ccccc2)n1. The van der Waals surface area contributed by atoms with Crippen molar-refractivity contribution in [3.05, 3.63) is 192 Å². The summed E-state index contributed by atoms with van der Waals surface area (Å²) in [6.45, 7) is 13.5. The Hall–Kier alpha value is -5.12. The Morgan fingerprint density at radius 1 is 0.367 bits per heavy atom. The summed E-state index contributed by atoms with van der Waals surface area (Å²) in [5.74, 6) is 0. The number of hydrogen-bond donors (Lipinski definition) is 0. The summed E-state index contributed by atoms with van der Waals surface area (Å²) in [5.41, 5.74) is 8.83. The predicted octanol–water partition coefficient (Wildman–Crippen LogP) is 9.95. The van der Waals surface area contributed by atoms with Crippen LogP contribution >= 0.6 is 0 Å². The lowest BCUT2D eigenvalue weighted by Gasteiger charge is -2.35. The van der Waals surface area contributed by atoms with Gasteiger partial charge in [-0.15, -0.1) is 0 Å². The Labute approximate surface area is 293 Å². The van der Waals surface area contributed by atoms with Gasteiger partial charge < -0.3 is 0 Å². The van der Waals surface area contributed by atoms with Crippen molar-refractivity contribution in [2.45, 2.75) is 52.4 Å². The van der Waals surface area contributed by atoms with Gasteiger partial charge in [-0.2, -0.15) is 0 Å². The average molecular weight is 653 g/mol. The van der Waals surface area contributed by atoms with Gasteiger partial charge in [-0.25, -0.2) is 0 Å². The monoisotopic (exact) mass is 652 g/mol. The smallest absolute Gasteiger partial charge is 0.185 e. The van der Waals surface area contributed by atoms with E-state index in [0.717, 1.165) is 22.8 Å². The molecule has 0 aliphatic carbocycles. The van der Waals surface area contributed by atoms with E-state index >= 15 is 0 Å². The number of benzene rings is 4. The van der Waals surface area contributed by atoms with Crippen molar-refractivity contribution in [2.24, 2.45) is 0 Å². The molecule has 0 fully saturated rings. The van der Waals surface area contributed by atoms with Crippen LogP contribution in [0.5, 0.6) is 0 Å². The Balaban J connectivity index is 1.77. The highest BCUT2D eigenvalue weighted by Crippen LogP contribution is 2.55. The maximum atomic E-state index is 5.59. The molecule has 2 nitrogen and oxygen atoms in total. The summed E-state index contributed by atoms with van der Waals surface area (Å²) >= 11 is 0. The van der Waals surface area contributed by atoms with Crippen molar-refractivity contribution in [3.63, 3.8) is 0 Å². The maximum Gasteiger partial charge on any atom is 0.185 e. The number of allylic oxidation sites excluding steroid dienone is 2. The van der Waals surface area contributed by atoms with E-state index in [4.69, 9.17) is 9.97 Å². The Morgan fingerprint density at radius 3 is 1.02 bits per heavy atom. The molecular formula is C46H44N2Si. The van der Waals surface area contributed by atoms with Gasteiger partial charge >= 0.3 is 0 Å². The van der Waals surface area contributed by atoms with Gasteiger partial charge in [-0.1, -0.05) is 175 Å². The zero-order valence-corrected chi connectivity index (χ0v) is 30.4. The maximum absolute atomic E-state index is 5.59. The van der Waals surface area contributed by atoms with E-state index in [1.807, 2.05) is 0 Å². The van der Waals surface area contributed by atoms with E-state index in [0.29, 0.717) is 0 Å². The van der Waals surface area contributed by atoms with E-state index in [-0.39, 0.29) is 10.8 Å². The largest absolute Gasteiger partial charge is 0.253 e. The van der Waals surface area contributed by atoms with E-state index < -0.39 is 8.07 Å². The van der Waals surface area contributed by atoms with Crippen LogP contribution in [-0.2, 0) is 10.8 Å². The number of nitrogens with zero attached hydrogens (tertiary/aromatic N) is 2. The van der Waals surface area contributed by atoms with Crippen LogP contribution in [-0.4, -0.2) is 18.0 Å². The quantitative estimate of drug-likeness (QED) is 0.167. The molecule has 1 aliphatic heterocycles. The summed E-state index contributed by atoms with van der Waals surface area (Å²) in [6, 6.07) is 57.6. The van der Waals surface area contributed by atoms with Gasteiger partial charge in [0, 0.05) is 22.2 Å². The molecule has 2 aromatic heterocycles. The molecule has 0 amide bonds. The van der Waals surface area contributed by atoms with Gasteiger partial charge in [-0.05, 0) is 67.3 Å². The minimum absolute atomic E-state index is 0.118. The second-order valence-electron chi connectivity index (χ2n) is 15.0. The van der Waals surface area contributed by atoms with Crippen LogP contribution in [0.25, 0.3) is 21.5 Å². The van der Waals surface area contributed by atoms with Gasteiger partial charge in [-0.3, -0.25) is 9.97 Å². The first-order chi connectivity index (χ1) is 23.6. The van der Waals surface area contributed by atoms with Crippen LogP contribution in [0.15, 0.2) is 158 Å². The minimum Gasteiger partial charge on any atom is -0.253 e. The Bertz CT molecular complexity index is 1990. The first-order valence-electron chi connectivity index (χ1n) is 17.3. The summed E-state index contributed by atoms with van der Waals surface area (Å²) in [7, 11) is -3.15. The standard InChI is InChI=1S/C46H44N2Si/c1-45(2,3)39-31-19-29-37(47-39)43-41(33-21-11-7-12-22-33)42(34-23-13-8-14-24-34)44(38-30-20-32-40(48-38)46(4,5)6)49(43,35-25-15-9-16-26-35)36-27-17-10-18-28-36/h7-32H,1-6H3. The van der Waals surface area contributed by atoms with Crippen LogP contribution in [0.4, 0.5) is 0 Å². The first kappa shape index (κ1) is 32.4. The second-order valence-corrected chi connectivity index (χ2v) is 18.7. The van der Waals surface area contributed by atoms with E-state index in [2.05, 4.69) is 199 Å². The lowest BCUT2D eigenvalue weighted by Crippen LogP contribution is -2.60. The topological polar surface area (TPSA) is 25.8 Å². The highest BCUT2D eigenvalue weighted by molar-refractivity contribution is 7.29. The predicted molar refractivity (Wildman–Crippen MR) is 210 cm³/mol. The van der Waals surface area contributed by atoms with Crippen molar-refractivity contribution in [1.29, 1.82) is 0 Å². The lowest BCUT2D eigenvalue weighted by molar-refractivity contribution is 0.568. The fourth-order valence-electron chi connectivity index (χ4n) is 7.28. The molecule has 3 heteroatoms. The molecule has 242 valence electrons. The molecule has 49 heavy (non-hydrogen) atoms. The van der Waals surface area contributed by atoms with Crippen molar-refractivity contribution in [1.82, 2.24) is 9.97 Å². The average Bonchev–Trinajstić information content (AvgIpc) is 3.45. The summed E-state index contributed by atoms with van der Waals surface area (Å²) in [6.07, 6.45) is 0. The zero-order valence-electron chi connectivity index (χ0n) is 29.4. The molecule has 0 unspecified atom stereocenters. The molecule has 3 heterocycles. The van der Waals surface area contributed by atoms with Gasteiger partial charge in [0.25, 0.3) is 0 Å². The molecule has 0 atom stereocenters. The molecule has 7 rings (SSSR count). The lowest BCUT2D eigenvalue weighted by atomic mass is 9.89. The van der Waals surface area contributed by atoms with Crippen LogP contribution in [0.2, 0.25) is 0 Å². The molecule has 4 aromatic carbocycles.